The van der Waals surface area contributed by atoms with Gasteiger partial charge in [-0.2, -0.15) is 4.73 Å². The largest absolute Gasteiger partial charge is 0.427 e. The lowest BCUT2D eigenvalue weighted by Crippen LogP contribution is -2.13. The van der Waals surface area contributed by atoms with Crippen molar-refractivity contribution in [2.24, 2.45) is 0 Å². The Morgan fingerprint density at radius 3 is 2.55 bits per heavy atom. The third-order valence-electron chi connectivity index (χ3n) is 3.53. The van der Waals surface area contributed by atoms with Crippen LogP contribution in [-0.4, -0.2) is 14.9 Å². The molecule has 0 aliphatic carbocycles. The first-order valence-corrected chi connectivity index (χ1v) is 6.27. The molecule has 0 fully saturated rings. The molecule has 0 saturated carbocycles. The summed E-state index contributed by atoms with van der Waals surface area (Å²) in [5, 5.41) is 12.4. The molecule has 0 aromatic heterocycles. The monoisotopic (exact) mass is 262 g/mol. The van der Waals surface area contributed by atoms with Crippen molar-refractivity contribution in [3.63, 3.8) is 0 Å². The summed E-state index contributed by atoms with van der Waals surface area (Å²) in [6.07, 6.45) is 1.46. The molecule has 4 rings (SSSR count). The second-order valence-corrected chi connectivity index (χ2v) is 4.75. The lowest BCUT2D eigenvalue weighted by molar-refractivity contribution is 0.186. The molecule has 4 heteroatoms. The topological polar surface area (TPSA) is 55.1 Å². The first-order chi connectivity index (χ1) is 9.74. The number of aromatic nitrogens is 2. The number of fused-ring (bicyclic) bond motifs is 3. The molecule has 2 heterocycles. The summed E-state index contributed by atoms with van der Waals surface area (Å²) >= 11 is 0. The highest BCUT2D eigenvalue weighted by Crippen LogP contribution is 2.23. The van der Waals surface area contributed by atoms with Crippen LogP contribution in [0.4, 0.5) is 0 Å². The molecule has 4 nitrogen and oxygen atoms in total. The number of hydrogen-bond acceptors (Lipinski definition) is 3. The van der Waals surface area contributed by atoms with E-state index in [1.54, 1.807) is 12.1 Å². The molecule has 0 saturated heterocycles. The lowest BCUT2D eigenvalue weighted by Gasteiger charge is -2.10. The van der Waals surface area contributed by atoms with Gasteiger partial charge in [-0.15, -0.1) is 0 Å². The summed E-state index contributed by atoms with van der Waals surface area (Å²) in [6, 6.07) is 14.9. The molecule has 96 valence electrons. The van der Waals surface area contributed by atoms with Gasteiger partial charge in [-0.3, -0.25) is 4.79 Å². The number of benzene rings is 2. The van der Waals surface area contributed by atoms with Gasteiger partial charge in [-0.05, 0) is 35.0 Å². The smallest absolute Gasteiger partial charge is 0.199 e. The number of pyridine rings is 2. The van der Waals surface area contributed by atoms with Gasteiger partial charge in [0, 0.05) is 11.6 Å². The minimum absolute atomic E-state index is 0.112. The van der Waals surface area contributed by atoms with Gasteiger partial charge in [-0.1, -0.05) is 24.3 Å². The first kappa shape index (κ1) is 11.0. The fourth-order valence-electron chi connectivity index (χ4n) is 2.54. The van der Waals surface area contributed by atoms with Crippen molar-refractivity contribution in [3.05, 3.63) is 65.0 Å². The molecule has 0 bridgehead atoms. The van der Waals surface area contributed by atoms with Crippen LogP contribution in [0.2, 0.25) is 0 Å². The van der Waals surface area contributed by atoms with Gasteiger partial charge in [-0.25, -0.2) is 4.98 Å². The maximum atomic E-state index is 12.5. The summed E-state index contributed by atoms with van der Waals surface area (Å²) in [5.74, 6) is 0.278. The number of hydrogen-bond donors (Lipinski definition) is 1. The van der Waals surface area contributed by atoms with Crippen molar-refractivity contribution in [3.8, 4) is 11.4 Å². The third-order valence-corrected chi connectivity index (χ3v) is 3.53. The zero-order valence-electron chi connectivity index (χ0n) is 10.4. The highest BCUT2D eigenvalue weighted by atomic mass is 16.5. The fraction of sp³-hybridized carbons (Fsp3) is 0. The van der Waals surface area contributed by atoms with E-state index in [0.29, 0.717) is 16.5 Å². The summed E-state index contributed by atoms with van der Waals surface area (Å²) < 4.78 is 0.880. The molecule has 2 aliphatic heterocycles. The molecule has 0 atom stereocenters. The molecule has 2 aromatic carbocycles. The van der Waals surface area contributed by atoms with Crippen molar-refractivity contribution in [2.45, 2.75) is 0 Å². The van der Waals surface area contributed by atoms with Gasteiger partial charge < -0.3 is 5.21 Å². The normalized spacial score (nSPS) is 11.4. The van der Waals surface area contributed by atoms with E-state index in [-0.39, 0.29) is 11.3 Å². The molecule has 0 unspecified atom stereocenters. The van der Waals surface area contributed by atoms with Crippen molar-refractivity contribution in [2.75, 3.05) is 0 Å². The van der Waals surface area contributed by atoms with Crippen LogP contribution in [0.3, 0.4) is 0 Å². The van der Waals surface area contributed by atoms with Crippen molar-refractivity contribution >= 4 is 21.7 Å². The Balaban J connectivity index is 2.27. The van der Waals surface area contributed by atoms with E-state index in [4.69, 9.17) is 0 Å². The summed E-state index contributed by atoms with van der Waals surface area (Å²) in [7, 11) is 0. The molecule has 2 aromatic rings. The van der Waals surface area contributed by atoms with Gasteiger partial charge in [0.25, 0.3) is 0 Å². The summed E-state index contributed by atoms with van der Waals surface area (Å²) in [6.45, 7) is 0. The van der Waals surface area contributed by atoms with E-state index in [2.05, 4.69) is 4.98 Å². The molecule has 2 aliphatic rings. The van der Waals surface area contributed by atoms with Gasteiger partial charge >= 0.3 is 0 Å². The quantitative estimate of drug-likeness (QED) is 0.391. The van der Waals surface area contributed by atoms with E-state index < -0.39 is 0 Å². The lowest BCUT2D eigenvalue weighted by atomic mass is 10.0. The van der Waals surface area contributed by atoms with Crippen LogP contribution in [-0.2, 0) is 0 Å². The summed E-state index contributed by atoms with van der Waals surface area (Å²) in [5.41, 5.74) is 0.895. The van der Waals surface area contributed by atoms with Crippen LogP contribution in [0, 0.1) is 0 Å². The van der Waals surface area contributed by atoms with E-state index in [1.165, 1.54) is 6.20 Å². The van der Waals surface area contributed by atoms with Crippen LogP contribution < -0.4 is 5.43 Å². The Hall–Kier alpha value is -2.88. The van der Waals surface area contributed by atoms with Gasteiger partial charge in [0.2, 0.25) is 0 Å². The predicted molar refractivity (Wildman–Crippen MR) is 77.3 cm³/mol. The Morgan fingerprint density at radius 2 is 1.75 bits per heavy atom. The maximum Gasteiger partial charge on any atom is 0.199 e. The summed E-state index contributed by atoms with van der Waals surface area (Å²) in [4.78, 5) is 16.9. The van der Waals surface area contributed by atoms with Crippen LogP contribution in [0.1, 0.15) is 0 Å². The molecule has 1 N–H and O–H groups in total. The molecular formula is C16H10N2O2. The van der Waals surface area contributed by atoms with Gasteiger partial charge in [0.15, 0.2) is 11.3 Å². The Bertz CT molecular complexity index is 988. The van der Waals surface area contributed by atoms with E-state index >= 15 is 0 Å². The highest BCUT2D eigenvalue weighted by molar-refractivity contribution is 5.98. The van der Waals surface area contributed by atoms with E-state index in [0.717, 1.165) is 15.5 Å². The van der Waals surface area contributed by atoms with Crippen molar-refractivity contribution in [1.29, 1.82) is 0 Å². The van der Waals surface area contributed by atoms with Crippen molar-refractivity contribution < 1.29 is 5.21 Å². The SMILES string of the molecule is O=c1c2cccn(O)c-2nc2cc3ccccc3cc12. The van der Waals surface area contributed by atoms with Crippen molar-refractivity contribution in [1.82, 2.24) is 9.71 Å². The molecule has 20 heavy (non-hydrogen) atoms. The zero-order chi connectivity index (χ0) is 13.7. The molecule has 0 spiro atoms. The fourth-order valence-corrected chi connectivity index (χ4v) is 2.54. The van der Waals surface area contributed by atoms with Gasteiger partial charge in [0.05, 0.1) is 11.1 Å². The Labute approximate surface area is 113 Å². The molecule has 0 amide bonds. The van der Waals surface area contributed by atoms with Crippen LogP contribution in [0.5, 0.6) is 0 Å². The standard InChI is InChI=1S/C16H10N2O2/c19-15-12-6-3-7-18(20)16(12)17-14-9-11-5-2-1-4-10(11)8-13(14)15/h1-9,20H. The van der Waals surface area contributed by atoms with Crippen LogP contribution in [0.25, 0.3) is 33.1 Å². The maximum absolute atomic E-state index is 12.5. The molecular weight excluding hydrogens is 252 g/mol. The second-order valence-electron chi connectivity index (χ2n) is 4.75. The van der Waals surface area contributed by atoms with Crippen LogP contribution >= 0.6 is 0 Å². The minimum atomic E-state index is -0.112. The van der Waals surface area contributed by atoms with E-state index in [1.807, 2.05) is 36.4 Å². The highest BCUT2D eigenvalue weighted by Gasteiger charge is 2.15. The molecule has 0 radical (unpaired) electrons. The second kappa shape index (κ2) is 3.81. The van der Waals surface area contributed by atoms with Gasteiger partial charge in [0.1, 0.15) is 0 Å². The Kier molecular flexibility index (Phi) is 2.09. The Morgan fingerprint density at radius 1 is 1.00 bits per heavy atom. The third kappa shape index (κ3) is 1.42. The number of nitrogens with zero attached hydrogens (tertiary/aromatic N) is 2. The minimum Gasteiger partial charge on any atom is -0.427 e. The van der Waals surface area contributed by atoms with Crippen LogP contribution in [0.15, 0.2) is 59.5 Å². The van der Waals surface area contributed by atoms with E-state index in [9.17, 15) is 10.0 Å². The number of rotatable bonds is 0. The average molecular weight is 262 g/mol. The first-order valence-electron chi connectivity index (χ1n) is 6.27. The average Bonchev–Trinajstić information content (AvgIpc) is 2.47. The zero-order valence-corrected chi connectivity index (χ0v) is 10.4. The predicted octanol–water partition coefficient (Wildman–Crippen LogP) is 2.89.